The van der Waals surface area contributed by atoms with E-state index in [4.69, 9.17) is 10.5 Å². The number of ether oxygens (including phenoxy) is 1. The van der Waals surface area contributed by atoms with Crippen molar-refractivity contribution in [1.29, 1.82) is 0 Å². The molecule has 172 valence electrons. The van der Waals surface area contributed by atoms with Gasteiger partial charge < -0.3 is 26.0 Å². The van der Waals surface area contributed by atoms with E-state index in [1.54, 1.807) is 0 Å². The smallest absolute Gasteiger partial charge is 0.234 e. The van der Waals surface area contributed by atoms with Gasteiger partial charge in [-0.3, -0.25) is 4.79 Å². The van der Waals surface area contributed by atoms with Crippen LogP contribution in [0.4, 0.5) is 17.1 Å². The van der Waals surface area contributed by atoms with Gasteiger partial charge in [-0.2, -0.15) is 0 Å². The predicted molar refractivity (Wildman–Crippen MR) is 134 cm³/mol. The number of benzene rings is 2. The summed E-state index contributed by atoms with van der Waals surface area (Å²) in [6, 6.07) is 14.9. The van der Waals surface area contributed by atoms with Crippen LogP contribution in [0.3, 0.4) is 0 Å². The second kappa shape index (κ2) is 9.32. The summed E-state index contributed by atoms with van der Waals surface area (Å²) in [6.07, 6.45) is 6.74. The van der Waals surface area contributed by atoms with Gasteiger partial charge in [0.05, 0.1) is 17.3 Å². The van der Waals surface area contributed by atoms with E-state index >= 15 is 0 Å². The Hall–Kier alpha value is -3.25. The molecular weight excluding hydrogens is 412 g/mol. The second-order valence-electron chi connectivity index (χ2n) is 9.02. The molecule has 2 aromatic carbocycles. The van der Waals surface area contributed by atoms with Crippen molar-refractivity contribution in [3.63, 3.8) is 0 Å². The SMILES string of the molecule is CC1CCN(C(=O)C2C=C(OCCN)C(c3ccc4c(c3)CCN4)=CC2)c2ccccc2N1. The molecule has 1 aliphatic carbocycles. The summed E-state index contributed by atoms with van der Waals surface area (Å²) < 4.78 is 6.07. The van der Waals surface area contributed by atoms with Gasteiger partial charge >= 0.3 is 0 Å². The standard InChI is InChI=1S/C27H32N4O2/c1-18-11-14-31(25-5-3-2-4-24(25)30-18)27(32)21-6-8-22(26(17-21)33-15-12-28)19-7-9-23-20(16-19)10-13-29-23/h2-5,7-9,16-18,21,29-30H,6,10-15,28H2,1H3. The number of carbonyl (C=O) groups excluding carboxylic acids is 1. The summed E-state index contributed by atoms with van der Waals surface area (Å²) in [7, 11) is 0. The molecule has 0 aromatic heterocycles. The molecule has 0 spiro atoms. The number of hydrogen-bond donors (Lipinski definition) is 3. The molecule has 2 heterocycles. The van der Waals surface area contributed by atoms with Gasteiger partial charge in [-0.25, -0.2) is 0 Å². The fraction of sp³-hybridized carbons (Fsp3) is 0.370. The van der Waals surface area contributed by atoms with Crippen molar-refractivity contribution in [3.05, 3.63) is 71.5 Å². The lowest BCUT2D eigenvalue weighted by molar-refractivity contribution is -0.121. The molecule has 0 saturated heterocycles. The maximum Gasteiger partial charge on any atom is 0.234 e. The number of amides is 1. The van der Waals surface area contributed by atoms with E-state index in [9.17, 15) is 4.79 Å². The monoisotopic (exact) mass is 444 g/mol. The van der Waals surface area contributed by atoms with E-state index in [1.807, 2.05) is 35.2 Å². The fourth-order valence-electron chi connectivity index (χ4n) is 4.93. The summed E-state index contributed by atoms with van der Waals surface area (Å²) >= 11 is 0. The normalized spacial score (nSPS) is 21.6. The minimum atomic E-state index is -0.265. The van der Waals surface area contributed by atoms with Crippen LogP contribution in [0, 0.1) is 5.92 Å². The maximum absolute atomic E-state index is 13.7. The van der Waals surface area contributed by atoms with E-state index in [-0.39, 0.29) is 11.8 Å². The highest BCUT2D eigenvalue weighted by atomic mass is 16.5. The Morgan fingerprint density at radius 3 is 2.97 bits per heavy atom. The molecule has 0 radical (unpaired) electrons. The minimum Gasteiger partial charge on any atom is -0.492 e. The van der Waals surface area contributed by atoms with Crippen LogP contribution < -0.4 is 21.3 Å². The summed E-state index contributed by atoms with van der Waals surface area (Å²) in [6.45, 7) is 4.68. The zero-order chi connectivity index (χ0) is 22.8. The molecule has 5 rings (SSSR count). The fourth-order valence-corrected chi connectivity index (χ4v) is 4.93. The van der Waals surface area contributed by atoms with E-state index in [1.165, 1.54) is 11.3 Å². The van der Waals surface area contributed by atoms with Crippen LogP contribution in [0.15, 0.2) is 60.4 Å². The highest BCUT2D eigenvalue weighted by Gasteiger charge is 2.30. The maximum atomic E-state index is 13.7. The number of allylic oxidation sites excluding steroid dienone is 2. The van der Waals surface area contributed by atoms with Gasteiger partial charge in [0.2, 0.25) is 5.91 Å². The second-order valence-corrected chi connectivity index (χ2v) is 9.02. The van der Waals surface area contributed by atoms with Crippen molar-refractivity contribution in [1.82, 2.24) is 0 Å². The highest BCUT2D eigenvalue weighted by Crippen LogP contribution is 2.37. The lowest BCUT2D eigenvalue weighted by Gasteiger charge is -2.28. The Morgan fingerprint density at radius 2 is 2.09 bits per heavy atom. The van der Waals surface area contributed by atoms with Crippen LogP contribution in [-0.2, 0) is 16.0 Å². The topological polar surface area (TPSA) is 79.6 Å². The van der Waals surface area contributed by atoms with Gasteiger partial charge in [0.15, 0.2) is 0 Å². The third-order valence-corrected chi connectivity index (χ3v) is 6.66. The summed E-state index contributed by atoms with van der Waals surface area (Å²) in [5.41, 5.74) is 12.4. The zero-order valence-corrected chi connectivity index (χ0v) is 19.1. The van der Waals surface area contributed by atoms with Crippen molar-refractivity contribution >= 4 is 28.5 Å². The summed E-state index contributed by atoms with van der Waals surface area (Å²) in [4.78, 5) is 15.7. The number of rotatable bonds is 5. The van der Waals surface area contributed by atoms with Crippen LogP contribution in [0.1, 0.15) is 30.9 Å². The van der Waals surface area contributed by atoms with Crippen LogP contribution in [-0.4, -0.2) is 38.2 Å². The van der Waals surface area contributed by atoms with Crippen LogP contribution in [0.2, 0.25) is 0 Å². The largest absolute Gasteiger partial charge is 0.492 e. The molecule has 2 aliphatic heterocycles. The zero-order valence-electron chi connectivity index (χ0n) is 19.1. The molecule has 0 fully saturated rings. The Bertz CT molecular complexity index is 1110. The van der Waals surface area contributed by atoms with E-state index in [0.29, 0.717) is 32.2 Å². The minimum absolute atomic E-state index is 0.112. The van der Waals surface area contributed by atoms with Gasteiger partial charge in [0.1, 0.15) is 12.4 Å². The first kappa shape index (κ1) is 21.6. The lowest BCUT2D eigenvalue weighted by atomic mass is 9.89. The Labute approximate surface area is 195 Å². The van der Waals surface area contributed by atoms with E-state index < -0.39 is 0 Å². The third kappa shape index (κ3) is 4.35. The lowest BCUT2D eigenvalue weighted by Crippen LogP contribution is -2.37. The number of hydrogen-bond acceptors (Lipinski definition) is 5. The first-order chi connectivity index (χ1) is 16.1. The van der Waals surface area contributed by atoms with Crippen LogP contribution in [0.5, 0.6) is 0 Å². The van der Waals surface area contributed by atoms with Crippen molar-refractivity contribution in [2.45, 2.75) is 32.2 Å². The number of nitrogens with two attached hydrogens (primary N) is 1. The number of fused-ring (bicyclic) bond motifs is 2. The van der Waals surface area contributed by atoms with Gasteiger partial charge in [-0.05, 0) is 67.7 Å². The van der Waals surface area contributed by atoms with Crippen molar-refractivity contribution < 1.29 is 9.53 Å². The Balaban J connectivity index is 1.43. The number of anilines is 3. The molecule has 33 heavy (non-hydrogen) atoms. The highest BCUT2D eigenvalue weighted by molar-refractivity contribution is 6.00. The number of nitrogens with one attached hydrogen (secondary N) is 2. The molecule has 2 aromatic rings. The van der Waals surface area contributed by atoms with Gasteiger partial charge in [-0.15, -0.1) is 0 Å². The molecule has 0 saturated carbocycles. The van der Waals surface area contributed by atoms with E-state index in [0.717, 1.165) is 47.7 Å². The van der Waals surface area contributed by atoms with E-state index in [2.05, 4.69) is 41.8 Å². The molecule has 3 aliphatic rings. The van der Waals surface area contributed by atoms with Crippen LogP contribution in [0.25, 0.3) is 5.57 Å². The molecule has 2 unspecified atom stereocenters. The van der Waals surface area contributed by atoms with Crippen LogP contribution >= 0.6 is 0 Å². The molecule has 0 bridgehead atoms. The molecule has 6 heteroatoms. The quantitative estimate of drug-likeness (QED) is 0.646. The van der Waals surface area contributed by atoms with Gasteiger partial charge in [0, 0.05) is 36.9 Å². The third-order valence-electron chi connectivity index (χ3n) is 6.66. The predicted octanol–water partition coefficient (Wildman–Crippen LogP) is 4.15. The molecule has 4 N–H and O–H groups in total. The van der Waals surface area contributed by atoms with Crippen molar-refractivity contribution in [2.75, 3.05) is 41.8 Å². The Morgan fingerprint density at radius 1 is 1.21 bits per heavy atom. The molecule has 2 atom stereocenters. The van der Waals surface area contributed by atoms with Gasteiger partial charge in [0.25, 0.3) is 0 Å². The number of nitrogens with zero attached hydrogens (tertiary/aromatic N) is 1. The van der Waals surface area contributed by atoms with Gasteiger partial charge in [-0.1, -0.05) is 24.3 Å². The van der Waals surface area contributed by atoms with Crippen molar-refractivity contribution in [3.8, 4) is 0 Å². The number of carbonyl (C=O) groups is 1. The Kier molecular flexibility index (Phi) is 6.09. The average Bonchev–Trinajstić information content (AvgIpc) is 3.24. The van der Waals surface area contributed by atoms with Crippen molar-refractivity contribution in [2.24, 2.45) is 11.7 Å². The summed E-state index contributed by atoms with van der Waals surface area (Å²) in [5.74, 6) is 0.602. The molecular formula is C27H32N4O2. The first-order valence-electron chi connectivity index (χ1n) is 11.9. The number of para-hydroxylation sites is 2. The first-order valence-corrected chi connectivity index (χ1v) is 11.9. The molecule has 1 amide bonds. The summed E-state index contributed by atoms with van der Waals surface area (Å²) in [5, 5.41) is 6.94. The molecule has 6 nitrogen and oxygen atoms in total. The average molecular weight is 445 g/mol.